The molecule has 0 radical (unpaired) electrons. The predicted octanol–water partition coefficient (Wildman–Crippen LogP) is 3.49. The van der Waals surface area contributed by atoms with Crippen molar-refractivity contribution in [3.05, 3.63) is 35.9 Å². The van der Waals surface area contributed by atoms with E-state index >= 15 is 0 Å². The average molecular weight is 271 g/mol. The van der Waals surface area contributed by atoms with Crippen LogP contribution in [0.4, 0.5) is 0 Å². The minimum atomic E-state index is -2.00. The Hall–Kier alpha value is -0.796. The Labute approximate surface area is 112 Å². The number of hydrogen-bond donors (Lipinski definition) is 0. The molecule has 3 nitrogen and oxygen atoms in total. The SMILES string of the molecule is CCCCCC.O=[C-]c1ccccc1.[O]=[Ti]=[O]. The molecule has 0 saturated heterocycles. The zero-order chi connectivity index (χ0) is 13.4. The summed E-state index contributed by atoms with van der Waals surface area (Å²) < 4.78 is 17.0. The van der Waals surface area contributed by atoms with Gasteiger partial charge in [-0.15, -0.1) is 12.1 Å². The van der Waals surface area contributed by atoms with Crippen LogP contribution >= 0.6 is 0 Å². The molecular formula is C13H19O3Ti-. The summed E-state index contributed by atoms with van der Waals surface area (Å²) in [6.07, 6.45) is 7.31. The van der Waals surface area contributed by atoms with E-state index < -0.39 is 19.1 Å². The molecule has 1 rings (SSSR count). The van der Waals surface area contributed by atoms with E-state index in [0.29, 0.717) is 5.56 Å². The monoisotopic (exact) mass is 271 g/mol. The molecular weight excluding hydrogens is 252 g/mol. The fourth-order valence-electron chi connectivity index (χ4n) is 1.01. The second-order valence-electron chi connectivity index (χ2n) is 3.26. The Kier molecular flexibility index (Phi) is 19.2. The summed E-state index contributed by atoms with van der Waals surface area (Å²) in [5, 5.41) is 0. The summed E-state index contributed by atoms with van der Waals surface area (Å²) in [5.74, 6) is 0. The van der Waals surface area contributed by atoms with E-state index in [-0.39, 0.29) is 0 Å². The van der Waals surface area contributed by atoms with Gasteiger partial charge in [0.15, 0.2) is 0 Å². The first-order valence-electron chi connectivity index (χ1n) is 5.69. The van der Waals surface area contributed by atoms with Crippen LogP contribution in [-0.4, -0.2) is 6.29 Å². The molecule has 4 heteroatoms. The second-order valence-corrected chi connectivity index (χ2v) is 3.52. The number of unbranched alkanes of at least 4 members (excludes halogenated alkanes) is 3. The van der Waals surface area contributed by atoms with Crippen LogP contribution in [0.15, 0.2) is 30.3 Å². The average Bonchev–Trinajstić information content (AvgIpc) is 2.39. The summed E-state index contributed by atoms with van der Waals surface area (Å²) in [6.45, 7) is 4.46. The maximum absolute atomic E-state index is 9.88. The molecule has 0 aliphatic rings. The molecule has 94 valence electrons. The van der Waals surface area contributed by atoms with Crippen LogP contribution in [0.3, 0.4) is 0 Å². The molecule has 0 N–H and O–H groups in total. The number of benzene rings is 1. The number of rotatable bonds is 4. The molecule has 0 unspecified atom stereocenters. The van der Waals surface area contributed by atoms with Crippen LogP contribution in [-0.2, 0) is 30.5 Å². The van der Waals surface area contributed by atoms with Crippen molar-refractivity contribution < 1.29 is 30.5 Å². The van der Waals surface area contributed by atoms with Gasteiger partial charge in [0.1, 0.15) is 0 Å². The van der Waals surface area contributed by atoms with Gasteiger partial charge < -0.3 is 4.79 Å². The van der Waals surface area contributed by atoms with Gasteiger partial charge in [-0.25, -0.2) is 0 Å². The van der Waals surface area contributed by atoms with Crippen LogP contribution in [0.2, 0.25) is 0 Å². The van der Waals surface area contributed by atoms with Crippen LogP contribution in [0.1, 0.15) is 45.1 Å². The molecule has 0 amide bonds. The Morgan fingerprint density at radius 3 is 1.65 bits per heavy atom. The minimum absolute atomic E-state index is 0.604. The first-order chi connectivity index (χ1) is 8.26. The molecule has 0 bridgehead atoms. The third-order valence-corrected chi connectivity index (χ3v) is 1.85. The van der Waals surface area contributed by atoms with E-state index in [1.165, 1.54) is 25.7 Å². The molecule has 0 atom stereocenters. The van der Waals surface area contributed by atoms with Crippen molar-refractivity contribution in [2.24, 2.45) is 0 Å². The van der Waals surface area contributed by atoms with Crippen LogP contribution < -0.4 is 0 Å². The Morgan fingerprint density at radius 2 is 1.41 bits per heavy atom. The van der Waals surface area contributed by atoms with Crippen molar-refractivity contribution in [1.82, 2.24) is 0 Å². The molecule has 0 aliphatic heterocycles. The standard InChI is InChI=1S/C7H5O.C6H14.2O.Ti/c8-6-7-4-2-1-3-5-7;1-3-5-6-4-2;;;/h1-5H;3-6H2,1-2H3;;;/q-1;;;;. The summed E-state index contributed by atoms with van der Waals surface area (Å²) in [4.78, 5) is 9.88. The first kappa shape index (κ1) is 18.6. The van der Waals surface area contributed by atoms with Gasteiger partial charge in [-0.2, -0.15) is 17.7 Å². The van der Waals surface area contributed by atoms with E-state index in [0.717, 1.165) is 0 Å². The Bertz CT molecular complexity index is 289. The molecule has 0 fully saturated rings. The van der Waals surface area contributed by atoms with Gasteiger partial charge in [0.05, 0.1) is 6.29 Å². The van der Waals surface area contributed by atoms with Gasteiger partial charge in [-0.1, -0.05) is 45.6 Å². The van der Waals surface area contributed by atoms with Gasteiger partial charge in [-0.05, 0) is 0 Å². The number of hydrogen-bond acceptors (Lipinski definition) is 3. The molecule has 0 heterocycles. The second kappa shape index (κ2) is 17.6. The fourth-order valence-corrected chi connectivity index (χ4v) is 1.01. The normalized spacial score (nSPS) is 7.65. The van der Waals surface area contributed by atoms with Crippen molar-refractivity contribution in [2.75, 3.05) is 0 Å². The van der Waals surface area contributed by atoms with Crippen LogP contribution in [0.25, 0.3) is 0 Å². The molecule has 1 aromatic rings. The van der Waals surface area contributed by atoms with Crippen molar-refractivity contribution in [2.45, 2.75) is 39.5 Å². The van der Waals surface area contributed by atoms with E-state index in [4.69, 9.17) is 6.65 Å². The van der Waals surface area contributed by atoms with Gasteiger partial charge >= 0.3 is 25.7 Å². The summed E-state index contributed by atoms with van der Waals surface area (Å²) in [5.41, 5.74) is 0.604. The molecule has 17 heavy (non-hydrogen) atoms. The van der Waals surface area contributed by atoms with Gasteiger partial charge in [0.2, 0.25) is 0 Å². The predicted molar refractivity (Wildman–Crippen MR) is 62.4 cm³/mol. The quantitative estimate of drug-likeness (QED) is 0.478. The maximum atomic E-state index is 9.88. The zero-order valence-corrected chi connectivity index (χ0v) is 12.0. The molecule has 0 aliphatic carbocycles. The van der Waals surface area contributed by atoms with E-state index in [2.05, 4.69) is 13.8 Å². The Morgan fingerprint density at radius 1 is 1.00 bits per heavy atom. The van der Waals surface area contributed by atoms with E-state index in [9.17, 15) is 4.79 Å². The zero-order valence-electron chi connectivity index (χ0n) is 10.4. The van der Waals surface area contributed by atoms with E-state index in [1.807, 2.05) is 6.07 Å². The summed E-state index contributed by atoms with van der Waals surface area (Å²) >= 11 is -2.00. The van der Waals surface area contributed by atoms with Crippen molar-refractivity contribution >= 4 is 6.29 Å². The summed E-state index contributed by atoms with van der Waals surface area (Å²) in [7, 11) is 0. The topological polar surface area (TPSA) is 51.2 Å². The van der Waals surface area contributed by atoms with Crippen molar-refractivity contribution in [3.63, 3.8) is 0 Å². The van der Waals surface area contributed by atoms with E-state index in [1.54, 1.807) is 30.6 Å². The van der Waals surface area contributed by atoms with Gasteiger partial charge in [0, 0.05) is 0 Å². The Balaban J connectivity index is 0. The van der Waals surface area contributed by atoms with Crippen LogP contribution in [0, 0.1) is 0 Å². The first-order valence-corrected chi connectivity index (χ1v) is 6.96. The summed E-state index contributed by atoms with van der Waals surface area (Å²) in [6, 6.07) is 8.90. The molecule has 0 saturated carbocycles. The third kappa shape index (κ3) is 17.8. The molecule has 1 aromatic carbocycles. The van der Waals surface area contributed by atoms with Gasteiger partial charge in [-0.3, -0.25) is 0 Å². The number of carbonyl (C=O) groups excluding carboxylic acids is 1. The fraction of sp³-hybridized carbons (Fsp3) is 0.462. The van der Waals surface area contributed by atoms with Gasteiger partial charge in [0.25, 0.3) is 0 Å². The molecule has 0 aromatic heterocycles. The van der Waals surface area contributed by atoms with Crippen molar-refractivity contribution in [1.29, 1.82) is 0 Å². The molecule has 0 spiro atoms. The third-order valence-electron chi connectivity index (χ3n) is 1.85. The van der Waals surface area contributed by atoms with Crippen molar-refractivity contribution in [3.8, 4) is 0 Å². The van der Waals surface area contributed by atoms with Crippen LogP contribution in [0.5, 0.6) is 0 Å².